The van der Waals surface area contributed by atoms with Crippen LogP contribution in [0, 0.1) is 19.3 Å². The molecule has 2 saturated carbocycles. The van der Waals surface area contributed by atoms with Gasteiger partial charge in [-0.3, -0.25) is 4.79 Å². The SMILES string of the molecule is COC(=O)NC1CCC(N(C(=O)c2cccc(S(=O)O)c2)[C@@H](COc2cc(-c3c(C)cccc3C)nc(N)n2)CC2(C(F)(F)F)CC2)CC1. The number of amides is 2. The minimum Gasteiger partial charge on any atom is -0.475 e. The number of carbonyl (C=O) groups is 2. The zero-order valence-electron chi connectivity index (χ0n) is 27.5. The molecule has 3 aromatic rings. The molecule has 0 bridgehead atoms. The average Bonchev–Trinajstić information content (AvgIpc) is 3.85. The number of aryl methyl sites for hydroxylation is 2. The summed E-state index contributed by atoms with van der Waals surface area (Å²) in [6, 6.07) is 11.1. The number of rotatable bonds is 11. The van der Waals surface area contributed by atoms with Crippen LogP contribution in [-0.4, -0.2) is 73.6 Å². The third kappa shape index (κ3) is 8.32. The van der Waals surface area contributed by atoms with E-state index in [0.29, 0.717) is 31.4 Å². The van der Waals surface area contributed by atoms with Gasteiger partial charge in [0.2, 0.25) is 11.8 Å². The first-order valence-electron chi connectivity index (χ1n) is 16.0. The summed E-state index contributed by atoms with van der Waals surface area (Å²) in [5.41, 5.74) is 7.31. The van der Waals surface area contributed by atoms with Crippen molar-refractivity contribution < 1.29 is 41.0 Å². The number of anilines is 1. The number of nitrogen functional groups attached to an aromatic ring is 1. The molecule has 4 N–H and O–H groups in total. The topological polar surface area (TPSA) is 157 Å². The Bertz CT molecular complexity index is 1690. The number of nitrogens with zero attached hydrogens (tertiary/aromatic N) is 3. The van der Waals surface area contributed by atoms with Gasteiger partial charge < -0.3 is 30.0 Å². The molecule has 2 aromatic carbocycles. The summed E-state index contributed by atoms with van der Waals surface area (Å²) in [4.78, 5) is 36.2. The smallest absolute Gasteiger partial charge is 0.407 e. The van der Waals surface area contributed by atoms with Gasteiger partial charge in [0, 0.05) is 29.3 Å². The monoisotopic (exact) mass is 703 g/mol. The van der Waals surface area contributed by atoms with E-state index >= 15 is 0 Å². The second-order valence-corrected chi connectivity index (χ2v) is 13.8. The van der Waals surface area contributed by atoms with Gasteiger partial charge in [0.05, 0.1) is 29.2 Å². The van der Waals surface area contributed by atoms with Gasteiger partial charge in [-0.1, -0.05) is 24.3 Å². The number of nitrogens with two attached hydrogens (primary N) is 1. The minimum atomic E-state index is -4.51. The number of carbonyl (C=O) groups excluding carboxylic acids is 2. The highest BCUT2D eigenvalue weighted by Gasteiger charge is 2.64. The van der Waals surface area contributed by atoms with Crippen LogP contribution in [0.2, 0.25) is 0 Å². The number of alkyl carbamates (subject to hydrolysis) is 1. The van der Waals surface area contributed by atoms with E-state index in [1.165, 1.54) is 36.3 Å². The van der Waals surface area contributed by atoms with E-state index in [1.807, 2.05) is 32.0 Å². The number of alkyl halides is 3. The minimum absolute atomic E-state index is 0.0194. The lowest BCUT2D eigenvalue weighted by molar-refractivity contribution is -0.193. The maximum Gasteiger partial charge on any atom is 0.407 e. The van der Waals surface area contributed by atoms with Crippen LogP contribution in [0.5, 0.6) is 5.88 Å². The molecule has 15 heteroatoms. The lowest BCUT2D eigenvalue weighted by atomic mass is 9.87. The predicted molar refractivity (Wildman–Crippen MR) is 176 cm³/mol. The molecule has 0 saturated heterocycles. The van der Waals surface area contributed by atoms with Crippen molar-refractivity contribution in [3.05, 3.63) is 65.2 Å². The van der Waals surface area contributed by atoms with Crippen LogP contribution in [0.25, 0.3) is 11.3 Å². The van der Waals surface area contributed by atoms with Crippen LogP contribution in [0.1, 0.15) is 66.4 Å². The molecule has 264 valence electrons. The maximum atomic E-state index is 14.5. The van der Waals surface area contributed by atoms with E-state index in [0.717, 1.165) is 16.7 Å². The van der Waals surface area contributed by atoms with Crippen molar-refractivity contribution in [2.24, 2.45) is 5.41 Å². The van der Waals surface area contributed by atoms with Gasteiger partial charge in [0.1, 0.15) is 6.61 Å². The summed E-state index contributed by atoms with van der Waals surface area (Å²) in [5, 5.41) is 2.76. The number of benzene rings is 2. The predicted octanol–water partition coefficient (Wildman–Crippen LogP) is 6.21. The number of hydrogen-bond donors (Lipinski definition) is 3. The summed E-state index contributed by atoms with van der Waals surface area (Å²) in [5.74, 6) is -0.636. The van der Waals surface area contributed by atoms with Crippen molar-refractivity contribution in [1.82, 2.24) is 20.2 Å². The molecule has 5 rings (SSSR count). The zero-order chi connectivity index (χ0) is 35.5. The molecule has 49 heavy (non-hydrogen) atoms. The molecular weight excluding hydrogens is 663 g/mol. The number of hydrogen-bond acceptors (Lipinski definition) is 8. The Kier molecular flexibility index (Phi) is 10.8. The largest absolute Gasteiger partial charge is 0.475 e. The van der Waals surface area contributed by atoms with Crippen molar-refractivity contribution in [2.75, 3.05) is 19.5 Å². The Labute approximate surface area is 285 Å². The molecule has 2 amide bonds. The summed E-state index contributed by atoms with van der Waals surface area (Å²) < 4.78 is 75.8. The van der Waals surface area contributed by atoms with Gasteiger partial charge in [-0.25, -0.2) is 14.0 Å². The fourth-order valence-corrected chi connectivity index (χ4v) is 7.15. The Morgan fingerprint density at radius 1 is 1.08 bits per heavy atom. The molecule has 1 heterocycles. The van der Waals surface area contributed by atoms with Gasteiger partial charge in [-0.2, -0.15) is 18.2 Å². The normalized spacial score (nSPS) is 19.7. The Morgan fingerprint density at radius 3 is 2.33 bits per heavy atom. The third-order valence-corrected chi connectivity index (χ3v) is 10.1. The van der Waals surface area contributed by atoms with Crippen LogP contribution >= 0.6 is 0 Å². The molecule has 2 fully saturated rings. The highest BCUT2D eigenvalue weighted by molar-refractivity contribution is 7.79. The van der Waals surface area contributed by atoms with Crippen molar-refractivity contribution in [3.8, 4) is 17.1 Å². The van der Waals surface area contributed by atoms with Crippen molar-refractivity contribution in [2.45, 2.75) is 88.0 Å². The summed E-state index contributed by atoms with van der Waals surface area (Å²) in [7, 11) is 1.25. The number of ether oxygens (including phenoxy) is 2. The number of nitrogens with one attached hydrogen (secondary N) is 1. The van der Waals surface area contributed by atoms with Gasteiger partial charge in [-0.05, 0) is 88.1 Å². The van der Waals surface area contributed by atoms with E-state index in [4.69, 9.17) is 15.2 Å². The first kappa shape index (κ1) is 36.1. The molecule has 0 spiro atoms. The lowest BCUT2D eigenvalue weighted by Gasteiger charge is -2.42. The van der Waals surface area contributed by atoms with E-state index in [9.17, 15) is 31.5 Å². The second-order valence-electron chi connectivity index (χ2n) is 12.8. The van der Waals surface area contributed by atoms with Gasteiger partial charge >= 0.3 is 12.3 Å². The van der Waals surface area contributed by atoms with E-state index in [2.05, 4.69) is 15.3 Å². The average molecular weight is 704 g/mol. The highest BCUT2D eigenvalue weighted by Crippen LogP contribution is 2.61. The zero-order valence-corrected chi connectivity index (χ0v) is 28.3. The highest BCUT2D eigenvalue weighted by atomic mass is 32.2. The molecule has 2 atom stereocenters. The van der Waals surface area contributed by atoms with Crippen LogP contribution in [0.15, 0.2) is 53.4 Å². The van der Waals surface area contributed by atoms with E-state index in [1.54, 1.807) is 6.07 Å². The Hall–Kier alpha value is -4.24. The Morgan fingerprint density at radius 2 is 1.73 bits per heavy atom. The molecule has 2 aliphatic rings. The standard InChI is InChI=1S/C34H40F3N5O6S/c1-20-6-4-7-21(2)29(20)27-17-28(41-31(38)40-27)48-19-25(18-33(14-15-33)34(35,36)37)42(24-12-10-23(11-13-24)39-32(44)47-3)30(43)22-8-5-9-26(16-22)49(45)46/h4-9,16-17,23-25H,10-15,18-19H2,1-3H3,(H,39,44)(H,45,46)(H2,38,40,41)/t23?,24?,25-/m1/s1. The van der Waals surface area contributed by atoms with Gasteiger partial charge in [-0.15, -0.1) is 0 Å². The number of methoxy groups -OCH3 is 1. The summed E-state index contributed by atoms with van der Waals surface area (Å²) in [6.07, 6.45) is -4.04. The van der Waals surface area contributed by atoms with E-state index < -0.39 is 53.2 Å². The third-order valence-electron chi connectivity index (χ3n) is 9.47. The fraction of sp³-hybridized carbons (Fsp3) is 0.471. The molecule has 1 aromatic heterocycles. The Balaban J connectivity index is 1.51. The van der Waals surface area contributed by atoms with Crippen molar-refractivity contribution >= 4 is 29.0 Å². The molecular formula is C34H40F3N5O6S. The fourth-order valence-electron chi connectivity index (χ4n) is 6.73. The molecule has 0 radical (unpaired) electrons. The van der Waals surface area contributed by atoms with Crippen LogP contribution < -0.4 is 15.8 Å². The van der Waals surface area contributed by atoms with E-state index in [-0.39, 0.29) is 47.8 Å². The summed E-state index contributed by atoms with van der Waals surface area (Å²) >= 11 is -2.39. The number of halogens is 3. The van der Waals surface area contributed by atoms with Crippen LogP contribution in [-0.2, 0) is 15.8 Å². The van der Waals surface area contributed by atoms with Gasteiger partial charge in [0.25, 0.3) is 5.91 Å². The lowest BCUT2D eigenvalue weighted by Crippen LogP contribution is -2.53. The maximum absolute atomic E-state index is 14.5. The first-order chi connectivity index (χ1) is 23.2. The molecule has 1 unspecified atom stereocenters. The van der Waals surface area contributed by atoms with Crippen LogP contribution in [0.4, 0.5) is 23.9 Å². The molecule has 11 nitrogen and oxygen atoms in total. The second kappa shape index (κ2) is 14.7. The van der Waals surface area contributed by atoms with Crippen molar-refractivity contribution in [1.29, 1.82) is 0 Å². The van der Waals surface area contributed by atoms with Gasteiger partial charge in [0.15, 0.2) is 11.1 Å². The first-order valence-corrected chi connectivity index (χ1v) is 17.1. The van der Waals surface area contributed by atoms with Crippen LogP contribution in [0.3, 0.4) is 0 Å². The summed E-state index contributed by atoms with van der Waals surface area (Å²) in [6.45, 7) is 3.51. The molecule has 0 aliphatic heterocycles. The quantitative estimate of drug-likeness (QED) is 0.198. The van der Waals surface area contributed by atoms with Crippen molar-refractivity contribution in [3.63, 3.8) is 0 Å². The molecule has 2 aliphatic carbocycles. The number of aromatic nitrogens is 2.